The molecule has 20 heavy (non-hydrogen) atoms. The van der Waals surface area contributed by atoms with Crippen LogP contribution in [0.25, 0.3) is 0 Å². The molecule has 0 spiro atoms. The van der Waals surface area contributed by atoms with Crippen LogP contribution in [0.2, 0.25) is 0 Å². The first-order chi connectivity index (χ1) is 9.39. The van der Waals surface area contributed by atoms with Crippen molar-refractivity contribution in [2.75, 3.05) is 23.8 Å². The number of nitrogens with zero attached hydrogens (tertiary/aromatic N) is 1. The van der Waals surface area contributed by atoms with Gasteiger partial charge in [-0.15, -0.1) is 0 Å². The maximum Gasteiger partial charge on any atom is 0.405 e. The fraction of sp³-hybridized carbons (Fsp3) is 0.571. The molecule has 0 aliphatic heterocycles. The summed E-state index contributed by atoms with van der Waals surface area (Å²) in [5, 5.41) is 0. The minimum Gasteiger partial charge on any atom is -0.493 e. The summed E-state index contributed by atoms with van der Waals surface area (Å²) in [5.74, 6) is 0.523. The Balaban J connectivity index is 2.21. The number of ether oxygens (including phenoxy) is 1. The van der Waals surface area contributed by atoms with Crippen LogP contribution in [0, 0.1) is 0 Å². The first-order valence-electron chi connectivity index (χ1n) is 6.76. The van der Waals surface area contributed by atoms with Crippen molar-refractivity contribution < 1.29 is 17.9 Å². The van der Waals surface area contributed by atoms with Crippen LogP contribution in [-0.2, 0) is 0 Å². The molecule has 1 aromatic rings. The number of hydrogen-bond donors (Lipinski definition) is 1. The highest BCUT2D eigenvalue weighted by atomic mass is 19.4. The van der Waals surface area contributed by atoms with Crippen LogP contribution in [0.3, 0.4) is 0 Å². The Morgan fingerprint density at radius 1 is 1.30 bits per heavy atom. The first kappa shape index (κ1) is 14.8. The summed E-state index contributed by atoms with van der Waals surface area (Å²) in [4.78, 5) is 1.37. The van der Waals surface area contributed by atoms with Crippen LogP contribution in [-0.4, -0.2) is 25.4 Å². The van der Waals surface area contributed by atoms with Crippen molar-refractivity contribution in [3.63, 3.8) is 0 Å². The molecule has 0 atom stereocenters. The molecule has 3 nitrogen and oxygen atoms in total. The van der Waals surface area contributed by atoms with Gasteiger partial charge in [0.25, 0.3) is 0 Å². The van der Waals surface area contributed by atoms with Crippen molar-refractivity contribution in [3.8, 4) is 5.75 Å². The summed E-state index contributed by atoms with van der Waals surface area (Å²) in [6, 6.07) is 4.80. The third-order valence-electron chi connectivity index (χ3n) is 3.06. The van der Waals surface area contributed by atoms with Crippen LogP contribution >= 0.6 is 0 Å². The van der Waals surface area contributed by atoms with E-state index in [2.05, 4.69) is 0 Å². The van der Waals surface area contributed by atoms with E-state index in [4.69, 9.17) is 10.5 Å². The van der Waals surface area contributed by atoms with Gasteiger partial charge in [0.15, 0.2) is 0 Å². The van der Waals surface area contributed by atoms with Gasteiger partial charge in [0.05, 0.1) is 6.61 Å². The molecule has 6 heteroatoms. The third kappa shape index (κ3) is 4.21. The minimum atomic E-state index is -4.22. The van der Waals surface area contributed by atoms with Gasteiger partial charge >= 0.3 is 6.18 Å². The molecule has 0 unspecified atom stereocenters. The Morgan fingerprint density at radius 2 is 2.00 bits per heavy atom. The molecule has 2 N–H and O–H groups in total. The molecule has 112 valence electrons. The Morgan fingerprint density at radius 3 is 2.55 bits per heavy atom. The Kier molecular flexibility index (Phi) is 4.30. The summed E-state index contributed by atoms with van der Waals surface area (Å²) in [6.07, 6.45) is -1.82. The van der Waals surface area contributed by atoms with E-state index in [-0.39, 0.29) is 6.04 Å². The standard InChI is InChI=1S/C14H19F3N2O/c1-2-5-20-13-7-10(18)6-12(8-13)19(11-3-4-11)9-14(15,16)17/h6-8,11H,2-5,9,18H2,1H3. The lowest BCUT2D eigenvalue weighted by atomic mass is 10.2. The smallest absolute Gasteiger partial charge is 0.405 e. The highest BCUT2D eigenvalue weighted by Crippen LogP contribution is 2.36. The molecule has 1 fully saturated rings. The van der Waals surface area contributed by atoms with Crippen molar-refractivity contribution in [1.29, 1.82) is 0 Å². The monoisotopic (exact) mass is 288 g/mol. The summed E-state index contributed by atoms with van der Waals surface area (Å²) >= 11 is 0. The maximum absolute atomic E-state index is 12.7. The summed E-state index contributed by atoms with van der Waals surface area (Å²) in [5.41, 5.74) is 6.67. The van der Waals surface area contributed by atoms with Gasteiger partial charge < -0.3 is 15.4 Å². The predicted octanol–water partition coefficient (Wildman–Crippen LogP) is 3.59. The molecule has 0 amide bonds. The molecule has 1 aliphatic rings. The maximum atomic E-state index is 12.7. The second kappa shape index (κ2) is 5.81. The zero-order valence-electron chi connectivity index (χ0n) is 11.4. The first-order valence-corrected chi connectivity index (χ1v) is 6.76. The van der Waals surface area contributed by atoms with Crippen LogP contribution < -0.4 is 15.4 Å². The number of hydrogen-bond acceptors (Lipinski definition) is 3. The fourth-order valence-electron chi connectivity index (χ4n) is 2.09. The molecule has 2 rings (SSSR count). The van der Waals surface area contributed by atoms with E-state index in [1.807, 2.05) is 6.92 Å². The summed E-state index contributed by atoms with van der Waals surface area (Å²) in [6.45, 7) is 1.54. The van der Waals surface area contributed by atoms with Crippen LogP contribution in [0.15, 0.2) is 18.2 Å². The molecule has 1 aliphatic carbocycles. The quantitative estimate of drug-likeness (QED) is 0.813. The van der Waals surface area contributed by atoms with Crippen molar-refractivity contribution in [1.82, 2.24) is 0 Å². The number of benzene rings is 1. The van der Waals surface area contributed by atoms with Gasteiger partial charge in [-0.05, 0) is 25.3 Å². The number of alkyl halides is 3. The van der Waals surface area contributed by atoms with E-state index < -0.39 is 12.7 Å². The van der Waals surface area contributed by atoms with Crippen LogP contribution in [0.5, 0.6) is 5.75 Å². The fourth-order valence-corrected chi connectivity index (χ4v) is 2.09. The van der Waals surface area contributed by atoms with Crippen molar-refractivity contribution in [2.45, 2.75) is 38.4 Å². The van der Waals surface area contributed by atoms with Gasteiger partial charge in [0.2, 0.25) is 0 Å². The lowest BCUT2D eigenvalue weighted by Gasteiger charge is -2.26. The highest BCUT2D eigenvalue weighted by molar-refractivity contribution is 5.61. The largest absolute Gasteiger partial charge is 0.493 e. The van der Waals surface area contributed by atoms with Gasteiger partial charge in [-0.2, -0.15) is 13.2 Å². The average Bonchev–Trinajstić information content (AvgIpc) is 3.16. The van der Waals surface area contributed by atoms with E-state index in [1.54, 1.807) is 18.2 Å². The highest BCUT2D eigenvalue weighted by Gasteiger charge is 2.38. The van der Waals surface area contributed by atoms with Crippen molar-refractivity contribution in [2.24, 2.45) is 0 Å². The van der Waals surface area contributed by atoms with Gasteiger partial charge in [0, 0.05) is 29.5 Å². The molecular weight excluding hydrogens is 269 g/mol. The molecule has 0 bridgehead atoms. The van der Waals surface area contributed by atoms with Crippen LogP contribution in [0.1, 0.15) is 26.2 Å². The van der Waals surface area contributed by atoms with Crippen LogP contribution in [0.4, 0.5) is 24.5 Å². The average molecular weight is 288 g/mol. The lowest BCUT2D eigenvalue weighted by molar-refractivity contribution is -0.120. The molecule has 1 aromatic carbocycles. The summed E-state index contributed by atoms with van der Waals surface area (Å²) < 4.78 is 43.5. The normalized spacial score (nSPS) is 15.2. The number of anilines is 2. The van der Waals surface area contributed by atoms with Crippen molar-refractivity contribution in [3.05, 3.63) is 18.2 Å². The van der Waals surface area contributed by atoms with Gasteiger partial charge in [0.1, 0.15) is 12.3 Å². The molecule has 0 saturated heterocycles. The second-order valence-corrected chi connectivity index (χ2v) is 5.08. The zero-order chi connectivity index (χ0) is 14.8. The molecule has 0 radical (unpaired) electrons. The predicted molar refractivity (Wildman–Crippen MR) is 73.1 cm³/mol. The zero-order valence-corrected chi connectivity index (χ0v) is 11.4. The summed E-state index contributed by atoms with van der Waals surface area (Å²) in [7, 11) is 0. The van der Waals surface area contributed by atoms with E-state index >= 15 is 0 Å². The SMILES string of the molecule is CCCOc1cc(N)cc(N(CC(F)(F)F)C2CC2)c1. The van der Waals surface area contributed by atoms with E-state index in [9.17, 15) is 13.2 Å². The topological polar surface area (TPSA) is 38.5 Å². The Labute approximate surface area is 116 Å². The van der Waals surface area contributed by atoms with E-state index in [0.29, 0.717) is 23.7 Å². The number of nitrogens with two attached hydrogens (primary N) is 1. The van der Waals surface area contributed by atoms with Gasteiger partial charge in [-0.25, -0.2) is 0 Å². The van der Waals surface area contributed by atoms with E-state index in [0.717, 1.165) is 19.3 Å². The molecule has 1 saturated carbocycles. The second-order valence-electron chi connectivity index (χ2n) is 5.08. The number of halogens is 3. The Hall–Kier alpha value is -1.59. The minimum absolute atomic E-state index is 0.0440. The van der Waals surface area contributed by atoms with Gasteiger partial charge in [-0.1, -0.05) is 6.92 Å². The molecular formula is C14H19F3N2O. The lowest BCUT2D eigenvalue weighted by Crippen LogP contribution is -2.36. The van der Waals surface area contributed by atoms with Gasteiger partial charge in [-0.3, -0.25) is 0 Å². The molecule has 0 heterocycles. The third-order valence-corrected chi connectivity index (χ3v) is 3.06. The Bertz CT molecular complexity index is 458. The number of nitrogen functional groups attached to an aromatic ring is 1. The molecule has 0 aromatic heterocycles. The van der Waals surface area contributed by atoms with Crippen molar-refractivity contribution >= 4 is 11.4 Å². The van der Waals surface area contributed by atoms with E-state index in [1.165, 1.54) is 4.90 Å². The number of rotatable bonds is 6.